The molecule has 4 rings (SSSR count). The number of rotatable bonds is 4. The number of aromatic nitrogens is 2. The second-order valence-corrected chi connectivity index (χ2v) is 7.03. The Morgan fingerprint density at radius 3 is 2.77 bits per heavy atom. The highest BCUT2D eigenvalue weighted by Crippen LogP contribution is 2.43. The van der Waals surface area contributed by atoms with Crippen LogP contribution in [-0.4, -0.2) is 16.1 Å². The lowest BCUT2D eigenvalue weighted by Gasteiger charge is -2.16. The third-order valence-corrected chi connectivity index (χ3v) is 5.49. The number of hydrogen-bond acceptors (Lipinski definition) is 4. The molecule has 1 saturated carbocycles. The topological polar surface area (TPSA) is 54.9 Å². The number of fused-ring (bicyclic) bond motifs is 2. The van der Waals surface area contributed by atoms with E-state index in [1.54, 1.807) is 0 Å². The second-order valence-electron chi connectivity index (χ2n) is 5.97. The van der Waals surface area contributed by atoms with Gasteiger partial charge in [-0.05, 0) is 24.7 Å². The summed E-state index contributed by atoms with van der Waals surface area (Å²) in [6.45, 7) is 0.473. The number of nitrogens with zero attached hydrogens (tertiary/aromatic N) is 2. The van der Waals surface area contributed by atoms with Crippen molar-refractivity contribution in [1.29, 1.82) is 0 Å². The average Bonchev–Trinajstić information content (AvgIpc) is 3.29. The molecule has 4 nitrogen and oxygen atoms in total. The van der Waals surface area contributed by atoms with Gasteiger partial charge in [-0.25, -0.2) is 0 Å². The van der Waals surface area contributed by atoms with Crippen molar-refractivity contribution in [3.8, 4) is 10.6 Å². The van der Waals surface area contributed by atoms with Crippen LogP contribution in [0, 0.1) is 17.8 Å². The fraction of sp³-hybridized carbons (Fsp3) is 0.353. The van der Waals surface area contributed by atoms with Crippen LogP contribution >= 0.6 is 11.3 Å². The van der Waals surface area contributed by atoms with Crippen molar-refractivity contribution in [2.45, 2.75) is 19.4 Å². The zero-order valence-corrected chi connectivity index (χ0v) is 12.9. The molecule has 112 valence electrons. The van der Waals surface area contributed by atoms with Crippen LogP contribution in [-0.2, 0) is 11.3 Å². The van der Waals surface area contributed by atoms with E-state index < -0.39 is 0 Å². The Bertz CT molecular complexity index is 710. The van der Waals surface area contributed by atoms with Gasteiger partial charge in [0.15, 0.2) is 0 Å². The lowest BCUT2D eigenvalue weighted by Crippen LogP contribution is -2.32. The minimum atomic E-state index is 0.150. The van der Waals surface area contributed by atoms with Crippen molar-refractivity contribution in [3.63, 3.8) is 0 Å². The van der Waals surface area contributed by atoms with E-state index in [0.29, 0.717) is 18.4 Å². The Morgan fingerprint density at radius 2 is 2.05 bits per heavy atom. The summed E-state index contributed by atoms with van der Waals surface area (Å²) in [6, 6.07) is 9.99. The van der Waals surface area contributed by atoms with E-state index in [9.17, 15) is 4.79 Å². The SMILES string of the molecule is O=C(NCc1nnc(-c2ccccc2)s1)[C@@H]1C[C@H]2C=C[C@H]1C2. The Balaban J connectivity index is 1.37. The fourth-order valence-corrected chi connectivity index (χ4v) is 4.18. The molecule has 2 aromatic rings. The third kappa shape index (κ3) is 2.57. The smallest absolute Gasteiger partial charge is 0.224 e. The molecule has 0 aliphatic heterocycles. The van der Waals surface area contributed by atoms with Crippen LogP contribution in [0.5, 0.6) is 0 Å². The quantitative estimate of drug-likeness (QED) is 0.883. The number of nitrogens with one attached hydrogen (secondary N) is 1. The fourth-order valence-electron chi connectivity index (χ4n) is 3.40. The first-order valence-electron chi connectivity index (χ1n) is 7.63. The molecule has 0 spiro atoms. The van der Waals surface area contributed by atoms with Crippen LogP contribution < -0.4 is 5.32 Å². The summed E-state index contributed by atoms with van der Waals surface area (Å²) in [5, 5.41) is 13.2. The molecule has 2 aliphatic rings. The molecule has 1 fully saturated rings. The zero-order valence-electron chi connectivity index (χ0n) is 12.1. The van der Waals surface area contributed by atoms with E-state index in [2.05, 4.69) is 27.7 Å². The number of hydrogen-bond donors (Lipinski definition) is 1. The predicted molar refractivity (Wildman–Crippen MR) is 86.0 cm³/mol. The van der Waals surface area contributed by atoms with Gasteiger partial charge in [0, 0.05) is 11.5 Å². The maximum absolute atomic E-state index is 12.3. The summed E-state index contributed by atoms with van der Waals surface area (Å²) in [5.74, 6) is 1.37. The summed E-state index contributed by atoms with van der Waals surface area (Å²) in [5.41, 5.74) is 1.07. The molecule has 0 unspecified atom stereocenters. The van der Waals surface area contributed by atoms with Crippen molar-refractivity contribution < 1.29 is 4.79 Å². The molecule has 1 N–H and O–H groups in total. The molecule has 2 aliphatic carbocycles. The molecular formula is C17H17N3OS. The lowest BCUT2D eigenvalue weighted by atomic mass is 9.93. The number of carbonyl (C=O) groups is 1. The molecule has 1 amide bonds. The monoisotopic (exact) mass is 311 g/mol. The highest BCUT2D eigenvalue weighted by molar-refractivity contribution is 7.14. The van der Waals surface area contributed by atoms with Gasteiger partial charge in [-0.1, -0.05) is 53.8 Å². The van der Waals surface area contributed by atoms with Crippen molar-refractivity contribution in [2.75, 3.05) is 0 Å². The lowest BCUT2D eigenvalue weighted by molar-refractivity contribution is -0.125. The van der Waals surface area contributed by atoms with E-state index in [4.69, 9.17) is 0 Å². The maximum Gasteiger partial charge on any atom is 0.224 e. The predicted octanol–water partition coefficient (Wildman–Crippen LogP) is 3.03. The van der Waals surface area contributed by atoms with Crippen LogP contribution in [0.4, 0.5) is 0 Å². The van der Waals surface area contributed by atoms with Crippen LogP contribution in [0.2, 0.25) is 0 Å². The molecule has 1 aromatic heterocycles. The molecular weight excluding hydrogens is 294 g/mol. The van der Waals surface area contributed by atoms with Gasteiger partial charge in [-0.15, -0.1) is 10.2 Å². The van der Waals surface area contributed by atoms with E-state index in [1.165, 1.54) is 11.3 Å². The van der Waals surface area contributed by atoms with E-state index in [0.717, 1.165) is 28.4 Å². The summed E-state index contributed by atoms with van der Waals surface area (Å²) < 4.78 is 0. The standard InChI is InChI=1S/C17H17N3OS/c21-16(14-9-11-6-7-13(14)8-11)18-10-15-19-20-17(22-15)12-4-2-1-3-5-12/h1-7,11,13-14H,8-10H2,(H,18,21)/t11-,13-,14+/m0/s1. The molecule has 5 heteroatoms. The molecule has 3 atom stereocenters. The van der Waals surface area contributed by atoms with Gasteiger partial charge < -0.3 is 5.32 Å². The Labute approximate surface area is 133 Å². The van der Waals surface area contributed by atoms with E-state index >= 15 is 0 Å². The van der Waals surface area contributed by atoms with Gasteiger partial charge >= 0.3 is 0 Å². The van der Waals surface area contributed by atoms with Crippen molar-refractivity contribution in [1.82, 2.24) is 15.5 Å². The molecule has 1 heterocycles. The summed E-state index contributed by atoms with van der Waals surface area (Å²) in [4.78, 5) is 12.3. The molecule has 1 aromatic carbocycles. The van der Waals surface area contributed by atoms with Crippen LogP contribution in [0.1, 0.15) is 17.8 Å². The van der Waals surface area contributed by atoms with Gasteiger partial charge in [0.1, 0.15) is 10.0 Å². The molecule has 0 saturated heterocycles. The first kappa shape index (κ1) is 13.6. The summed E-state index contributed by atoms with van der Waals surface area (Å²) in [6.07, 6.45) is 6.61. The Hall–Kier alpha value is -2.01. The Morgan fingerprint density at radius 1 is 1.18 bits per heavy atom. The second kappa shape index (κ2) is 5.65. The minimum Gasteiger partial charge on any atom is -0.349 e. The average molecular weight is 311 g/mol. The number of benzene rings is 1. The number of carbonyl (C=O) groups excluding carboxylic acids is 1. The van der Waals surface area contributed by atoms with Gasteiger partial charge in [-0.3, -0.25) is 4.79 Å². The van der Waals surface area contributed by atoms with Crippen LogP contribution in [0.25, 0.3) is 10.6 Å². The molecule has 2 bridgehead atoms. The van der Waals surface area contributed by atoms with Crippen molar-refractivity contribution in [2.24, 2.45) is 17.8 Å². The molecule has 0 radical (unpaired) electrons. The van der Waals surface area contributed by atoms with Crippen LogP contribution in [0.15, 0.2) is 42.5 Å². The van der Waals surface area contributed by atoms with Crippen molar-refractivity contribution >= 4 is 17.2 Å². The zero-order chi connectivity index (χ0) is 14.9. The van der Waals surface area contributed by atoms with E-state index in [1.807, 2.05) is 30.3 Å². The van der Waals surface area contributed by atoms with Crippen molar-refractivity contribution in [3.05, 3.63) is 47.5 Å². The maximum atomic E-state index is 12.3. The highest BCUT2D eigenvalue weighted by Gasteiger charge is 2.39. The summed E-state index contributed by atoms with van der Waals surface area (Å²) >= 11 is 1.53. The third-order valence-electron chi connectivity index (χ3n) is 4.52. The van der Waals surface area contributed by atoms with Crippen LogP contribution in [0.3, 0.4) is 0 Å². The van der Waals surface area contributed by atoms with E-state index in [-0.39, 0.29) is 11.8 Å². The first-order valence-corrected chi connectivity index (χ1v) is 8.45. The van der Waals surface area contributed by atoms with Gasteiger partial charge in [0.2, 0.25) is 5.91 Å². The number of amides is 1. The molecule has 22 heavy (non-hydrogen) atoms. The van der Waals surface area contributed by atoms with Gasteiger partial charge in [0.25, 0.3) is 0 Å². The summed E-state index contributed by atoms with van der Waals surface area (Å²) in [7, 11) is 0. The Kier molecular flexibility index (Phi) is 3.50. The van der Waals surface area contributed by atoms with Gasteiger partial charge in [-0.2, -0.15) is 0 Å². The largest absolute Gasteiger partial charge is 0.349 e. The normalized spacial score (nSPS) is 25.5. The first-order chi connectivity index (χ1) is 10.8. The van der Waals surface area contributed by atoms with Gasteiger partial charge in [0.05, 0.1) is 6.54 Å². The number of allylic oxidation sites excluding steroid dienone is 2. The minimum absolute atomic E-state index is 0.150. The highest BCUT2D eigenvalue weighted by atomic mass is 32.1.